The van der Waals surface area contributed by atoms with Crippen LogP contribution in [0.15, 0.2) is 0 Å². The predicted molar refractivity (Wildman–Crippen MR) is 414 cm³/mol. The third-order valence-electron chi connectivity index (χ3n) is 25.3. The topological polar surface area (TPSA) is 403 Å². The Bertz CT molecular complexity index is 3010. The van der Waals surface area contributed by atoms with E-state index in [0.29, 0.717) is 0 Å². The number of carbonyl (C=O) groups is 2. The van der Waals surface area contributed by atoms with Gasteiger partial charge in [0.1, 0.15) is 184 Å². The van der Waals surface area contributed by atoms with E-state index in [0.717, 1.165) is 10.1 Å². The summed E-state index contributed by atoms with van der Waals surface area (Å²) in [6, 6.07) is 0. The van der Waals surface area contributed by atoms with E-state index in [9.17, 15) is 20.0 Å². The van der Waals surface area contributed by atoms with E-state index in [1.807, 2.05) is 0 Å². The Morgan fingerprint density at radius 2 is 0.369 bits per heavy atom. The third kappa shape index (κ3) is 21.8. The van der Waals surface area contributed by atoms with E-state index in [-0.39, 0.29) is 58.7 Å². The van der Waals surface area contributed by atoms with Crippen molar-refractivity contribution in [2.75, 3.05) is 181 Å². The maximum atomic E-state index is 14.7. The molecule has 23 aliphatic heterocycles. The van der Waals surface area contributed by atoms with Crippen LogP contribution in [-0.2, 0) is 186 Å². The van der Waals surface area contributed by atoms with Gasteiger partial charge in [-0.1, -0.05) is 0 Å². The summed E-state index contributed by atoms with van der Waals surface area (Å²) in [5, 5.41) is 29.4. The average molecular weight is 1770 g/mol. The van der Waals surface area contributed by atoms with E-state index in [2.05, 4.69) is 0 Å². The molecule has 35 unspecified atom stereocenters. The van der Waals surface area contributed by atoms with Gasteiger partial charge in [-0.2, -0.15) is 0 Å². The molecule has 0 aromatic rings. The van der Waals surface area contributed by atoms with Crippen LogP contribution in [0.3, 0.4) is 0 Å². The molecule has 41 nitrogen and oxygen atoms in total. The number of carbonyl (C=O) groups excluding carboxylic acids is 2. The summed E-state index contributed by atoms with van der Waals surface area (Å²) in [4.78, 5) is 29.5. The van der Waals surface area contributed by atoms with Crippen LogP contribution < -0.4 is 0 Å². The summed E-state index contributed by atoms with van der Waals surface area (Å²) in [6.45, 7) is 12.6. The van der Waals surface area contributed by atoms with Crippen LogP contribution in [0.1, 0.15) is 81.1 Å². The normalized spacial score (nSPS) is 43.2. The molecular formula is C81H140N2O39. The molecule has 23 fully saturated rings. The van der Waals surface area contributed by atoms with Crippen LogP contribution >= 0.6 is 0 Å². The van der Waals surface area contributed by atoms with Gasteiger partial charge in [-0.05, 0) is 81.1 Å². The molecule has 122 heavy (non-hydrogen) atoms. The van der Waals surface area contributed by atoms with Gasteiger partial charge in [0.25, 0.3) is 0 Å². The van der Waals surface area contributed by atoms with Crippen molar-refractivity contribution in [3.05, 3.63) is 0 Å². The SMILES string of the molecule is COCC1OC2OC3C(COC)OC(OC4C(COC(=O)C5CC(C)(C)N([O])C(C)(C)C5)OC(OC5C(COC)OC(OC6C(COC)OC(OC7C(COC(=O)C8CC(C)(C)N([O])C(C)(C)C8)OC(OC8C(COC)OC(OC1C(OC)C2OC)C(OC)C8OC)C(OC)C7OC)C(OC)C6OC)C(OC)C5OC)C(OC)C4OC)C(OC)C3OC. The fraction of sp³-hybridized carbons (Fsp3) is 0.975. The van der Waals surface area contributed by atoms with Crippen LogP contribution in [-0.4, -0.2) is 440 Å². The lowest BCUT2D eigenvalue weighted by molar-refractivity contribution is -0.402. The second-order valence-corrected chi connectivity index (χ2v) is 34.9. The van der Waals surface area contributed by atoms with Crippen molar-refractivity contribution < 1.29 is 186 Å². The first kappa shape index (κ1) is 102. The summed E-state index contributed by atoms with van der Waals surface area (Å²) < 4.78 is 231. The number of methoxy groups -OCH3 is 19. The quantitative estimate of drug-likeness (QED) is 0.0920. The van der Waals surface area contributed by atoms with Gasteiger partial charge in [0.05, 0.1) is 44.9 Å². The molecule has 0 N–H and O–H groups in total. The molecule has 708 valence electrons. The molecule has 23 aliphatic rings. The van der Waals surface area contributed by atoms with Gasteiger partial charge in [-0.15, -0.1) is 20.5 Å². The van der Waals surface area contributed by atoms with E-state index in [1.165, 1.54) is 135 Å². The maximum absolute atomic E-state index is 14.7. The second kappa shape index (κ2) is 45.1. The Kier molecular flexibility index (Phi) is 37.5. The van der Waals surface area contributed by atoms with Crippen LogP contribution in [0.25, 0.3) is 0 Å². The molecule has 23 rings (SSSR count). The molecule has 23 saturated heterocycles. The van der Waals surface area contributed by atoms with E-state index in [4.69, 9.17) is 166 Å². The van der Waals surface area contributed by atoms with Crippen molar-refractivity contribution in [3.8, 4) is 0 Å². The molecular weight excluding hydrogens is 1620 g/mol. The Hall–Kier alpha value is -2.54. The van der Waals surface area contributed by atoms with Crippen LogP contribution in [0.5, 0.6) is 0 Å². The number of hydrogen-bond acceptors (Lipinski definition) is 39. The number of hydrogen-bond donors (Lipinski definition) is 0. The van der Waals surface area contributed by atoms with Gasteiger partial charge in [-0.25, -0.2) is 0 Å². The van der Waals surface area contributed by atoms with Crippen molar-refractivity contribution in [1.29, 1.82) is 0 Å². The summed E-state index contributed by atoms with van der Waals surface area (Å²) >= 11 is 0. The fourth-order valence-electron chi connectivity index (χ4n) is 19.9. The summed E-state index contributed by atoms with van der Waals surface area (Å²) in [5.74, 6) is -2.63. The van der Waals surface area contributed by atoms with Gasteiger partial charge in [0.15, 0.2) is 44.0 Å². The van der Waals surface area contributed by atoms with Gasteiger partial charge in [-0.3, -0.25) is 9.59 Å². The zero-order valence-corrected chi connectivity index (χ0v) is 76.0. The second-order valence-electron chi connectivity index (χ2n) is 34.9. The van der Waals surface area contributed by atoms with E-state index in [1.54, 1.807) is 55.4 Å². The van der Waals surface area contributed by atoms with Crippen molar-refractivity contribution in [2.45, 2.75) is 318 Å². The van der Waals surface area contributed by atoms with Gasteiger partial charge in [0, 0.05) is 157 Å². The molecule has 0 amide bonds. The van der Waals surface area contributed by atoms with Crippen molar-refractivity contribution in [3.63, 3.8) is 0 Å². The number of piperidine rings is 2. The van der Waals surface area contributed by atoms with E-state index >= 15 is 0 Å². The standard InChI is InChI=1S/C81H140N2O39/c1-78(2)28-39(29-79(3,4)82(78)86)69(84)107-37-46-53-60(98-19)68(106-27)77(115-46)120-52-45(36-92-13)111-73(64(102-23)59(52)97-18)118-50-43(34-90-11)113-75(66(104-25)57(50)95-16)122-54-47(38-108-70(85)40-30-80(5,6)83(87)81(7,8)31-40)114-76(67(105-26)61(54)99-20)119-51-44(35-91-12)110-72(63(101-22)58(51)96-17)116-48-41(32-88-9)109-71(62(100-21)55(48)93-14)117-49-42(33-89-10)112-74(121-53)65(103-24)56(49)94-15/h39-68,71-77H,28-38H2,1-27H3. The minimum absolute atomic E-state index is 0.115. The predicted octanol–water partition coefficient (Wildman–Crippen LogP) is 1.53. The Balaban J connectivity index is 1.09. The van der Waals surface area contributed by atoms with Crippen LogP contribution in [0, 0.1) is 11.8 Å². The highest BCUT2D eigenvalue weighted by molar-refractivity contribution is 5.73. The largest absolute Gasteiger partial charge is 0.463 e. The molecule has 0 saturated carbocycles. The lowest BCUT2D eigenvalue weighted by atomic mass is 9.75. The van der Waals surface area contributed by atoms with Crippen molar-refractivity contribution in [1.82, 2.24) is 10.1 Å². The van der Waals surface area contributed by atoms with Crippen LogP contribution in [0.2, 0.25) is 0 Å². The number of nitrogens with zero attached hydrogens (tertiary/aromatic N) is 2. The minimum atomic E-state index is -1.44. The Morgan fingerprint density at radius 1 is 0.230 bits per heavy atom. The van der Waals surface area contributed by atoms with E-state index < -0.39 is 274 Å². The third-order valence-corrected chi connectivity index (χ3v) is 25.3. The first-order chi connectivity index (χ1) is 58.3. The molecule has 0 aliphatic carbocycles. The number of esters is 2. The summed E-state index contributed by atoms with van der Waals surface area (Å²) in [6.07, 6.45) is -41.1. The highest BCUT2D eigenvalue weighted by Crippen LogP contribution is 2.47. The first-order valence-electron chi connectivity index (χ1n) is 41.6. The lowest BCUT2D eigenvalue weighted by Crippen LogP contribution is -2.69. The highest BCUT2D eigenvalue weighted by Gasteiger charge is 2.64. The molecule has 41 heteroatoms. The number of hydroxylamine groups is 4. The zero-order chi connectivity index (χ0) is 89.2. The highest BCUT2D eigenvalue weighted by atomic mass is 16.8. The maximum Gasteiger partial charge on any atom is 0.309 e. The summed E-state index contributed by atoms with van der Waals surface area (Å²) in [5.41, 5.74) is -3.77. The van der Waals surface area contributed by atoms with Gasteiger partial charge < -0.3 is 166 Å². The molecule has 14 bridgehead atoms. The first-order valence-corrected chi connectivity index (χ1v) is 41.6. The molecule has 2 radical (unpaired) electrons. The number of rotatable bonds is 30. The average Bonchev–Trinajstić information content (AvgIpc) is 0.773. The summed E-state index contributed by atoms with van der Waals surface area (Å²) in [7, 11) is 27.8. The van der Waals surface area contributed by atoms with Crippen molar-refractivity contribution in [2.24, 2.45) is 11.8 Å². The molecule has 23 heterocycles. The van der Waals surface area contributed by atoms with Gasteiger partial charge >= 0.3 is 11.9 Å². The van der Waals surface area contributed by atoms with Crippen LogP contribution in [0.4, 0.5) is 0 Å². The molecule has 0 spiro atoms. The lowest BCUT2D eigenvalue weighted by Gasteiger charge is -2.52. The monoisotopic (exact) mass is 1760 g/mol. The Labute approximate surface area is 716 Å². The minimum Gasteiger partial charge on any atom is -0.463 e. The molecule has 35 atom stereocenters. The van der Waals surface area contributed by atoms with Gasteiger partial charge in [0.2, 0.25) is 0 Å². The molecule has 0 aromatic heterocycles. The zero-order valence-electron chi connectivity index (χ0n) is 76.0. The molecule has 0 aromatic carbocycles. The smallest absolute Gasteiger partial charge is 0.309 e. The number of ether oxygens (including phenoxy) is 35. The fourth-order valence-corrected chi connectivity index (χ4v) is 19.9. The Morgan fingerprint density at radius 3 is 0.500 bits per heavy atom. The van der Waals surface area contributed by atoms with Crippen molar-refractivity contribution >= 4 is 11.9 Å².